The van der Waals surface area contributed by atoms with E-state index in [1.54, 1.807) is 0 Å². The van der Waals surface area contributed by atoms with Crippen molar-refractivity contribution in [1.82, 2.24) is 20.2 Å². The smallest absolute Gasteiger partial charge is 0.243 e. The van der Waals surface area contributed by atoms with Gasteiger partial charge in [-0.1, -0.05) is 48.5 Å². The molecule has 1 atom stereocenters. The van der Waals surface area contributed by atoms with Gasteiger partial charge in [0.1, 0.15) is 5.69 Å². The first-order valence-corrected chi connectivity index (χ1v) is 14.9. The van der Waals surface area contributed by atoms with Crippen LogP contribution in [0.3, 0.4) is 0 Å². The van der Waals surface area contributed by atoms with E-state index in [1.165, 1.54) is 5.56 Å². The molecule has 4 aromatic rings. The largest absolute Gasteiger partial charge is 0.490 e. The number of anilines is 1. The Hall–Kier alpha value is -4.68. The highest BCUT2D eigenvalue weighted by Gasteiger charge is 2.30. The average molecular weight is 579 g/mol. The molecule has 1 fully saturated rings. The molecule has 0 aliphatic carbocycles. The van der Waals surface area contributed by atoms with Gasteiger partial charge in [-0.2, -0.15) is 5.26 Å². The first-order chi connectivity index (χ1) is 21.1. The zero-order valence-electron chi connectivity index (χ0n) is 24.8. The molecule has 0 radical (unpaired) electrons. The summed E-state index contributed by atoms with van der Waals surface area (Å²) in [4.78, 5) is 27.7. The monoisotopic (exact) mass is 578 g/mol. The Bertz CT molecular complexity index is 1560. The van der Waals surface area contributed by atoms with E-state index in [4.69, 9.17) is 19.4 Å². The van der Waals surface area contributed by atoms with Gasteiger partial charge in [0.2, 0.25) is 5.91 Å². The molecule has 2 heterocycles. The van der Waals surface area contributed by atoms with Crippen molar-refractivity contribution >= 4 is 22.8 Å². The highest BCUT2D eigenvalue weighted by molar-refractivity contribution is 5.88. The van der Waals surface area contributed by atoms with E-state index in [2.05, 4.69) is 45.5 Å². The van der Waals surface area contributed by atoms with Gasteiger partial charge in [-0.3, -0.25) is 9.69 Å². The maximum atomic E-state index is 13.4. The van der Waals surface area contributed by atoms with E-state index in [0.29, 0.717) is 54.7 Å². The Kier molecular flexibility index (Phi) is 10.0. The van der Waals surface area contributed by atoms with Crippen LogP contribution in [-0.4, -0.2) is 66.7 Å². The van der Waals surface area contributed by atoms with Crippen LogP contribution in [-0.2, 0) is 17.8 Å². The maximum absolute atomic E-state index is 13.4. The molecule has 9 heteroatoms. The number of rotatable bonds is 12. The minimum absolute atomic E-state index is 0.366. The number of aromatic nitrogens is 2. The molecule has 1 saturated heterocycles. The summed E-state index contributed by atoms with van der Waals surface area (Å²) in [6, 6.07) is 26.0. The molecule has 1 aliphatic rings. The molecule has 43 heavy (non-hydrogen) atoms. The standard InChI is InChI=1S/C34H38N6O3/c1-3-42-30-15-14-25(22-31(30)43-4-2)16-17-36-34(41)27(23-35)32-33(38-29-13-9-8-12-28(29)37-32)40-20-18-39(19-21-40)24-26-10-6-5-7-11-26/h5-15,22,27H,3-4,16-21,24H2,1-2H3,(H,36,41). The van der Waals surface area contributed by atoms with Crippen molar-refractivity contribution in [2.75, 3.05) is 50.8 Å². The summed E-state index contributed by atoms with van der Waals surface area (Å²) in [7, 11) is 0. The predicted molar refractivity (Wildman–Crippen MR) is 167 cm³/mol. The molecule has 9 nitrogen and oxygen atoms in total. The molecule has 1 aromatic heterocycles. The second-order valence-corrected chi connectivity index (χ2v) is 10.4. The van der Waals surface area contributed by atoms with Crippen LogP contribution in [0, 0.1) is 11.3 Å². The highest BCUT2D eigenvalue weighted by Crippen LogP contribution is 2.30. The SMILES string of the molecule is CCOc1ccc(CCNC(=O)C(C#N)c2nc3ccccc3nc2N2CCN(Cc3ccccc3)CC2)cc1OCC. The van der Waals surface area contributed by atoms with E-state index in [-0.39, 0.29) is 5.91 Å². The fourth-order valence-corrected chi connectivity index (χ4v) is 5.32. The summed E-state index contributed by atoms with van der Waals surface area (Å²) in [6.45, 7) is 9.34. The summed E-state index contributed by atoms with van der Waals surface area (Å²) in [5, 5.41) is 13.2. The zero-order chi connectivity index (χ0) is 30.0. The van der Waals surface area contributed by atoms with E-state index in [1.807, 2.05) is 62.4 Å². The number of carbonyl (C=O) groups is 1. The molecule has 3 aromatic carbocycles. The predicted octanol–water partition coefficient (Wildman–Crippen LogP) is 4.72. The normalized spacial score (nSPS) is 14.2. The topological polar surface area (TPSA) is 104 Å². The molecular formula is C34H38N6O3. The van der Waals surface area contributed by atoms with Crippen molar-refractivity contribution in [3.05, 3.63) is 89.6 Å². The minimum atomic E-state index is -1.09. The Labute approximate surface area is 253 Å². The van der Waals surface area contributed by atoms with Crippen LogP contribution in [0.1, 0.15) is 36.6 Å². The number of ether oxygens (including phenoxy) is 2. The number of carbonyl (C=O) groups excluding carboxylic acids is 1. The third-order valence-corrected chi connectivity index (χ3v) is 7.48. The average Bonchev–Trinajstić information content (AvgIpc) is 3.03. The van der Waals surface area contributed by atoms with Crippen molar-refractivity contribution < 1.29 is 14.3 Å². The second-order valence-electron chi connectivity index (χ2n) is 10.4. The maximum Gasteiger partial charge on any atom is 0.243 e. The summed E-state index contributed by atoms with van der Waals surface area (Å²) in [5.41, 5.74) is 4.08. The van der Waals surface area contributed by atoms with Crippen molar-refractivity contribution in [3.63, 3.8) is 0 Å². The van der Waals surface area contributed by atoms with Crippen LogP contribution in [0.4, 0.5) is 5.82 Å². The lowest BCUT2D eigenvalue weighted by atomic mass is 10.0. The Balaban J connectivity index is 1.30. The minimum Gasteiger partial charge on any atom is -0.490 e. The number of hydrogen-bond donors (Lipinski definition) is 1. The number of nitriles is 1. The molecule has 222 valence electrons. The van der Waals surface area contributed by atoms with Crippen LogP contribution >= 0.6 is 0 Å². The number of nitrogens with zero attached hydrogens (tertiary/aromatic N) is 5. The number of hydrogen-bond acceptors (Lipinski definition) is 8. The van der Waals surface area contributed by atoms with Crippen molar-refractivity contribution in [2.24, 2.45) is 0 Å². The zero-order valence-corrected chi connectivity index (χ0v) is 24.8. The molecule has 0 saturated carbocycles. The highest BCUT2D eigenvalue weighted by atomic mass is 16.5. The van der Waals surface area contributed by atoms with Crippen LogP contribution in [0.2, 0.25) is 0 Å². The van der Waals surface area contributed by atoms with E-state index in [0.717, 1.165) is 43.8 Å². The van der Waals surface area contributed by atoms with Crippen LogP contribution in [0.5, 0.6) is 11.5 Å². The van der Waals surface area contributed by atoms with Crippen molar-refractivity contribution in [2.45, 2.75) is 32.7 Å². The van der Waals surface area contributed by atoms with Gasteiger partial charge in [-0.15, -0.1) is 0 Å². The van der Waals surface area contributed by atoms with E-state index in [9.17, 15) is 10.1 Å². The molecule has 1 unspecified atom stereocenters. The van der Waals surface area contributed by atoms with Gasteiger partial charge in [0, 0.05) is 39.3 Å². The molecule has 0 bridgehead atoms. The van der Waals surface area contributed by atoms with Gasteiger partial charge in [-0.05, 0) is 55.7 Å². The van der Waals surface area contributed by atoms with Crippen molar-refractivity contribution in [1.29, 1.82) is 5.26 Å². The van der Waals surface area contributed by atoms with E-state index >= 15 is 0 Å². The number of para-hydroxylation sites is 2. The van der Waals surface area contributed by atoms with Crippen LogP contribution < -0.4 is 19.7 Å². The third kappa shape index (κ3) is 7.40. The van der Waals surface area contributed by atoms with Gasteiger partial charge in [0.15, 0.2) is 23.2 Å². The molecular weight excluding hydrogens is 540 g/mol. The fourth-order valence-electron chi connectivity index (χ4n) is 5.32. The molecule has 1 aliphatic heterocycles. The second kappa shape index (κ2) is 14.5. The van der Waals surface area contributed by atoms with Crippen molar-refractivity contribution in [3.8, 4) is 17.6 Å². The summed E-state index contributed by atoms with van der Waals surface area (Å²) in [5.74, 6) is 0.515. The van der Waals surface area contributed by atoms with Gasteiger partial charge in [0.05, 0.1) is 30.3 Å². The molecule has 5 rings (SSSR count). The van der Waals surface area contributed by atoms with Gasteiger partial charge < -0.3 is 19.7 Å². The summed E-state index contributed by atoms with van der Waals surface area (Å²) >= 11 is 0. The summed E-state index contributed by atoms with van der Waals surface area (Å²) < 4.78 is 11.4. The number of piperazine rings is 1. The number of amides is 1. The van der Waals surface area contributed by atoms with Crippen LogP contribution in [0.15, 0.2) is 72.8 Å². The first kappa shape index (κ1) is 29.8. The fraction of sp³-hybridized carbons (Fsp3) is 0.353. The lowest BCUT2D eigenvalue weighted by Gasteiger charge is -2.36. The first-order valence-electron chi connectivity index (χ1n) is 14.9. The Morgan fingerprint density at radius 3 is 2.26 bits per heavy atom. The van der Waals surface area contributed by atoms with Gasteiger partial charge in [0.25, 0.3) is 0 Å². The summed E-state index contributed by atoms with van der Waals surface area (Å²) in [6.07, 6.45) is 0.579. The molecule has 0 spiro atoms. The number of nitrogens with one attached hydrogen (secondary N) is 1. The number of fused-ring (bicyclic) bond motifs is 1. The number of benzene rings is 3. The van der Waals surface area contributed by atoms with Crippen LogP contribution in [0.25, 0.3) is 11.0 Å². The van der Waals surface area contributed by atoms with E-state index < -0.39 is 5.92 Å². The lowest BCUT2D eigenvalue weighted by Crippen LogP contribution is -2.47. The Morgan fingerprint density at radius 1 is 0.884 bits per heavy atom. The van der Waals surface area contributed by atoms with Gasteiger partial charge >= 0.3 is 0 Å². The lowest BCUT2D eigenvalue weighted by molar-refractivity contribution is -0.121. The quantitative estimate of drug-likeness (QED) is 0.258. The molecule has 1 amide bonds. The third-order valence-electron chi connectivity index (χ3n) is 7.48. The van der Waals surface area contributed by atoms with Gasteiger partial charge in [-0.25, -0.2) is 9.97 Å². The Morgan fingerprint density at radius 2 is 1.56 bits per heavy atom. The molecule has 1 N–H and O–H groups in total.